The molecule has 0 spiro atoms. The Morgan fingerprint density at radius 2 is 1.93 bits per heavy atom. The molecular formula is C11H24N2O. The van der Waals surface area contributed by atoms with Gasteiger partial charge in [0.25, 0.3) is 0 Å². The fourth-order valence-corrected chi connectivity index (χ4v) is 2.13. The van der Waals surface area contributed by atoms with Crippen LogP contribution in [0.15, 0.2) is 0 Å². The summed E-state index contributed by atoms with van der Waals surface area (Å²) in [5.74, 6) is 0.403. The smallest absolute Gasteiger partial charge is 0.0486 e. The zero-order chi connectivity index (χ0) is 10.7. The van der Waals surface area contributed by atoms with Crippen molar-refractivity contribution in [3.63, 3.8) is 0 Å². The van der Waals surface area contributed by atoms with Gasteiger partial charge in [0.15, 0.2) is 0 Å². The second-order valence-corrected chi connectivity index (χ2v) is 4.92. The summed E-state index contributed by atoms with van der Waals surface area (Å²) in [5, 5.41) is 12.8. The summed E-state index contributed by atoms with van der Waals surface area (Å²) in [6.45, 7) is 11.1. The number of aliphatic hydroxyl groups excluding tert-OH is 1. The molecule has 1 aliphatic rings. The molecule has 0 bridgehead atoms. The molecule has 14 heavy (non-hydrogen) atoms. The number of likely N-dealkylation sites (tertiary alicyclic amines) is 1. The van der Waals surface area contributed by atoms with Gasteiger partial charge in [0, 0.05) is 43.7 Å². The van der Waals surface area contributed by atoms with Crippen molar-refractivity contribution in [3.8, 4) is 0 Å². The molecule has 0 saturated carbocycles. The van der Waals surface area contributed by atoms with Crippen LogP contribution in [-0.2, 0) is 0 Å². The van der Waals surface area contributed by atoms with Crippen molar-refractivity contribution in [1.29, 1.82) is 0 Å². The highest BCUT2D eigenvalue weighted by Gasteiger charge is 2.33. The Balaban J connectivity index is 2.49. The zero-order valence-electron chi connectivity index (χ0n) is 9.83. The van der Waals surface area contributed by atoms with Crippen LogP contribution in [0.4, 0.5) is 0 Å². The topological polar surface area (TPSA) is 35.5 Å². The van der Waals surface area contributed by atoms with E-state index in [4.69, 9.17) is 0 Å². The minimum absolute atomic E-state index is 0.299. The molecule has 1 fully saturated rings. The van der Waals surface area contributed by atoms with Crippen LogP contribution < -0.4 is 5.32 Å². The number of nitrogens with one attached hydrogen (secondary N) is 1. The van der Waals surface area contributed by atoms with Gasteiger partial charge in [-0.25, -0.2) is 0 Å². The van der Waals surface area contributed by atoms with Gasteiger partial charge in [-0.05, 0) is 13.8 Å². The van der Waals surface area contributed by atoms with Crippen LogP contribution in [-0.4, -0.2) is 47.8 Å². The minimum atomic E-state index is 0.299. The summed E-state index contributed by atoms with van der Waals surface area (Å²) in [6, 6.07) is 1.55. The lowest BCUT2D eigenvalue weighted by atomic mass is 10.0. The Hall–Kier alpha value is -0.120. The van der Waals surface area contributed by atoms with Crippen LogP contribution >= 0.6 is 0 Å². The summed E-state index contributed by atoms with van der Waals surface area (Å²) in [7, 11) is 0. The quantitative estimate of drug-likeness (QED) is 0.701. The van der Waals surface area contributed by atoms with Gasteiger partial charge in [0.05, 0.1) is 0 Å². The lowest BCUT2D eigenvalue weighted by Gasteiger charge is -2.21. The lowest BCUT2D eigenvalue weighted by Crippen LogP contribution is -2.41. The molecule has 0 aromatic carbocycles. The summed E-state index contributed by atoms with van der Waals surface area (Å²) >= 11 is 0. The molecule has 0 radical (unpaired) electrons. The molecule has 84 valence electrons. The molecule has 1 saturated heterocycles. The highest BCUT2D eigenvalue weighted by Crippen LogP contribution is 2.19. The standard InChI is InChI=1S/C11H24N2O/c1-8(2)12-11-6-13(9(3)4)5-10(11)7-14/h8-12,14H,5-7H2,1-4H3/t10-,11+/m1/s1. The van der Waals surface area contributed by atoms with Gasteiger partial charge in [-0.1, -0.05) is 13.8 Å². The molecule has 3 nitrogen and oxygen atoms in total. The van der Waals surface area contributed by atoms with Crippen molar-refractivity contribution in [1.82, 2.24) is 10.2 Å². The van der Waals surface area contributed by atoms with Gasteiger partial charge in [-0.3, -0.25) is 4.90 Å². The Morgan fingerprint density at radius 1 is 1.29 bits per heavy atom. The summed E-state index contributed by atoms with van der Waals surface area (Å²) < 4.78 is 0. The normalized spacial score (nSPS) is 29.4. The molecule has 0 amide bonds. The molecule has 3 heteroatoms. The first kappa shape index (κ1) is 12.0. The molecule has 2 atom stereocenters. The van der Waals surface area contributed by atoms with Crippen LogP contribution in [0.25, 0.3) is 0 Å². The minimum Gasteiger partial charge on any atom is -0.396 e. The van der Waals surface area contributed by atoms with Crippen LogP contribution in [0.5, 0.6) is 0 Å². The summed E-state index contributed by atoms with van der Waals surface area (Å²) in [5.41, 5.74) is 0. The van der Waals surface area contributed by atoms with E-state index in [1.165, 1.54) is 0 Å². The van der Waals surface area contributed by atoms with Crippen molar-refractivity contribution < 1.29 is 5.11 Å². The second-order valence-electron chi connectivity index (χ2n) is 4.92. The van der Waals surface area contributed by atoms with Gasteiger partial charge in [-0.2, -0.15) is 0 Å². The maximum absolute atomic E-state index is 9.28. The number of hydrogen-bond donors (Lipinski definition) is 2. The highest BCUT2D eigenvalue weighted by molar-refractivity contribution is 4.90. The molecule has 2 N–H and O–H groups in total. The summed E-state index contributed by atoms with van der Waals surface area (Å²) in [6.07, 6.45) is 0. The van der Waals surface area contributed by atoms with Gasteiger partial charge in [0.2, 0.25) is 0 Å². The predicted octanol–water partition coefficient (Wildman–Crippen LogP) is 0.685. The number of hydrogen-bond acceptors (Lipinski definition) is 3. The van der Waals surface area contributed by atoms with E-state index in [2.05, 4.69) is 37.9 Å². The van der Waals surface area contributed by atoms with Crippen molar-refractivity contribution in [3.05, 3.63) is 0 Å². The largest absolute Gasteiger partial charge is 0.396 e. The third-order valence-electron chi connectivity index (χ3n) is 2.98. The lowest BCUT2D eigenvalue weighted by molar-refractivity contribution is 0.199. The van der Waals surface area contributed by atoms with Crippen molar-refractivity contribution in [2.75, 3.05) is 19.7 Å². The van der Waals surface area contributed by atoms with Gasteiger partial charge in [0.1, 0.15) is 0 Å². The Kier molecular flexibility index (Phi) is 4.35. The molecular weight excluding hydrogens is 176 g/mol. The predicted molar refractivity (Wildman–Crippen MR) is 59.3 cm³/mol. The number of aliphatic hydroxyl groups is 1. The average molecular weight is 200 g/mol. The van der Waals surface area contributed by atoms with E-state index in [1.807, 2.05) is 0 Å². The van der Waals surface area contributed by atoms with E-state index in [1.54, 1.807) is 0 Å². The van der Waals surface area contributed by atoms with Crippen LogP contribution in [0.3, 0.4) is 0 Å². The molecule has 1 aliphatic heterocycles. The SMILES string of the molecule is CC(C)N[C@H]1CN(C(C)C)C[C@@H]1CO. The molecule has 0 aromatic heterocycles. The van der Waals surface area contributed by atoms with E-state index in [-0.39, 0.29) is 0 Å². The van der Waals surface area contributed by atoms with E-state index >= 15 is 0 Å². The monoisotopic (exact) mass is 200 g/mol. The fourth-order valence-electron chi connectivity index (χ4n) is 2.13. The maximum Gasteiger partial charge on any atom is 0.0486 e. The van der Waals surface area contributed by atoms with Crippen molar-refractivity contribution in [2.45, 2.75) is 45.8 Å². The first-order valence-electron chi connectivity index (χ1n) is 5.65. The highest BCUT2D eigenvalue weighted by atomic mass is 16.3. The van der Waals surface area contributed by atoms with E-state index in [0.29, 0.717) is 30.7 Å². The molecule has 0 unspecified atom stereocenters. The van der Waals surface area contributed by atoms with E-state index in [0.717, 1.165) is 13.1 Å². The molecule has 1 heterocycles. The maximum atomic E-state index is 9.28. The molecule has 1 rings (SSSR count). The Labute approximate surface area is 87.5 Å². The Morgan fingerprint density at radius 3 is 2.36 bits per heavy atom. The fraction of sp³-hybridized carbons (Fsp3) is 1.00. The second kappa shape index (κ2) is 5.10. The number of nitrogens with zero attached hydrogens (tertiary/aromatic N) is 1. The van der Waals surface area contributed by atoms with E-state index in [9.17, 15) is 5.11 Å². The van der Waals surface area contributed by atoms with Crippen LogP contribution in [0.2, 0.25) is 0 Å². The van der Waals surface area contributed by atoms with Gasteiger partial charge in [-0.15, -0.1) is 0 Å². The Bertz CT molecular complexity index is 171. The van der Waals surface area contributed by atoms with Gasteiger partial charge >= 0.3 is 0 Å². The summed E-state index contributed by atoms with van der Waals surface area (Å²) in [4.78, 5) is 2.43. The van der Waals surface area contributed by atoms with Crippen molar-refractivity contribution in [2.24, 2.45) is 5.92 Å². The third-order valence-corrected chi connectivity index (χ3v) is 2.98. The van der Waals surface area contributed by atoms with Crippen LogP contribution in [0.1, 0.15) is 27.7 Å². The first-order chi connectivity index (χ1) is 6.54. The zero-order valence-corrected chi connectivity index (χ0v) is 9.83. The van der Waals surface area contributed by atoms with Crippen molar-refractivity contribution >= 4 is 0 Å². The molecule has 0 aliphatic carbocycles. The van der Waals surface area contributed by atoms with Crippen LogP contribution in [0, 0.1) is 5.92 Å². The van der Waals surface area contributed by atoms with E-state index < -0.39 is 0 Å². The first-order valence-corrected chi connectivity index (χ1v) is 5.65. The van der Waals surface area contributed by atoms with Gasteiger partial charge < -0.3 is 10.4 Å². The third kappa shape index (κ3) is 2.94. The molecule has 0 aromatic rings. The number of rotatable bonds is 4. The average Bonchev–Trinajstić information content (AvgIpc) is 2.46.